The Balaban J connectivity index is 5.13. The molecule has 1 atom stereocenters. The monoisotopic (exact) mass is 290 g/mol. The molecule has 2 nitrogen and oxygen atoms in total. The molecule has 0 heterocycles. The minimum absolute atomic E-state index is 0.0750. The highest BCUT2D eigenvalue weighted by molar-refractivity contribution is 6.00. The van der Waals surface area contributed by atoms with Crippen LogP contribution in [-0.4, -0.2) is 5.71 Å². The van der Waals surface area contributed by atoms with E-state index in [9.17, 15) is 0 Å². The zero-order chi connectivity index (χ0) is 16.1. The summed E-state index contributed by atoms with van der Waals surface area (Å²) in [6, 6.07) is 0. The van der Waals surface area contributed by atoms with E-state index in [0.29, 0.717) is 5.82 Å². The van der Waals surface area contributed by atoms with Gasteiger partial charge in [-0.05, 0) is 18.9 Å². The highest BCUT2D eigenvalue weighted by atomic mass is 14.9. The third-order valence-corrected chi connectivity index (χ3v) is 3.94. The molecule has 0 aromatic heterocycles. The summed E-state index contributed by atoms with van der Waals surface area (Å²) in [5.41, 5.74) is 6.84. The van der Waals surface area contributed by atoms with Crippen LogP contribution >= 0.6 is 0 Å². The van der Waals surface area contributed by atoms with E-state index < -0.39 is 0 Å². The van der Waals surface area contributed by atoms with Gasteiger partial charge in [-0.3, -0.25) is 0 Å². The summed E-state index contributed by atoms with van der Waals surface area (Å²) in [7, 11) is 0. The van der Waals surface area contributed by atoms with Crippen molar-refractivity contribution in [2.75, 3.05) is 0 Å². The van der Waals surface area contributed by atoms with E-state index in [1.54, 1.807) is 6.08 Å². The van der Waals surface area contributed by atoms with E-state index in [2.05, 4.69) is 38.9 Å². The summed E-state index contributed by atoms with van der Waals surface area (Å²) in [6.07, 6.45) is 15.6. The fraction of sp³-hybridized carbons (Fsp3) is 0.632. The van der Waals surface area contributed by atoms with E-state index in [1.165, 1.54) is 38.5 Å². The minimum Gasteiger partial charge on any atom is -0.384 e. The molecule has 0 aliphatic carbocycles. The maximum Gasteiger partial charge on any atom is 0.116 e. The van der Waals surface area contributed by atoms with Crippen molar-refractivity contribution in [3.8, 4) is 0 Å². The van der Waals surface area contributed by atoms with Crippen LogP contribution in [0.5, 0.6) is 0 Å². The number of hydrogen-bond donors (Lipinski definition) is 1. The van der Waals surface area contributed by atoms with Crippen LogP contribution < -0.4 is 5.73 Å². The normalized spacial score (nSPS) is 15.1. The van der Waals surface area contributed by atoms with Crippen LogP contribution in [0.15, 0.2) is 42.2 Å². The molecule has 0 aromatic rings. The number of hydrogen-bond acceptors (Lipinski definition) is 2. The predicted octanol–water partition coefficient (Wildman–Crippen LogP) is 5.77. The van der Waals surface area contributed by atoms with Crippen molar-refractivity contribution >= 4 is 5.71 Å². The van der Waals surface area contributed by atoms with Crippen LogP contribution in [0.1, 0.15) is 72.1 Å². The Kier molecular flexibility index (Phi) is 10.7. The Bertz CT molecular complexity index is 366. The third kappa shape index (κ3) is 8.54. The molecule has 0 saturated heterocycles. The van der Waals surface area contributed by atoms with Crippen molar-refractivity contribution in [2.45, 2.75) is 72.1 Å². The van der Waals surface area contributed by atoms with E-state index in [-0.39, 0.29) is 5.41 Å². The molecule has 0 fully saturated rings. The fourth-order valence-electron chi connectivity index (χ4n) is 2.58. The van der Waals surface area contributed by atoms with Crippen LogP contribution in [0.3, 0.4) is 0 Å². The average Bonchev–Trinajstić information content (AvgIpc) is 2.45. The van der Waals surface area contributed by atoms with Gasteiger partial charge in [0.05, 0.1) is 0 Å². The summed E-state index contributed by atoms with van der Waals surface area (Å²) in [6.45, 7) is 14.3. The number of nitrogens with two attached hydrogens (primary N) is 1. The first-order valence-electron chi connectivity index (χ1n) is 8.32. The zero-order valence-electron chi connectivity index (χ0n) is 14.3. The van der Waals surface area contributed by atoms with E-state index in [4.69, 9.17) is 5.73 Å². The molecule has 1 unspecified atom stereocenters. The van der Waals surface area contributed by atoms with Crippen LogP contribution in [-0.2, 0) is 0 Å². The molecular weight excluding hydrogens is 256 g/mol. The Morgan fingerprint density at radius 2 is 1.71 bits per heavy atom. The topological polar surface area (TPSA) is 38.4 Å². The zero-order valence-corrected chi connectivity index (χ0v) is 14.3. The standard InChI is InChI=1S/C19H34N2/c1-6-9-12-13-16-19(5,15-11-8-3)18(14-10-7-2)21-17(4)20/h7,10,14H,2,4,6,8-9,11-13,15-16,20H2,1,3,5H3/b14-10-,21-18?. The molecule has 0 saturated carbocycles. The summed E-state index contributed by atoms with van der Waals surface area (Å²) in [5.74, 6) is 0.384. The van der Waals surface area contributed by atoms with Crippen LogP contribution in [0.4, 0.5) is 0 Å². The lowest BCUT2D eigenvalue weighted by atomic mass is 9.75. The molecular formula is C19H34N2. The second-order valence-electron chi connectivity index (χ2n) is 6.06. The average molecular weight is 290 g/mol. The molecule has 21 heavy (non-hydrogen) atoms. The van der Waals surface area contributed by atoms with Gasteiger partial charge in [0.15, 0.2) is 0 Å². The number of unbranched alkanes of at least 4 members (excludes halogenated alkanes) is 4. The maximum absolute atomic E-state index is 5.73. The quantitative estimate of drug-likeness (QED) is 0.277. The Hall–Kier alpha value is -1.31. The largest absolute Gasteiger partial charge is 0.384 e. The molecule has 0 aliphatic heterocycles. The van der Waals surface area contributed by atoms with Crippen molar-refractivity contribution < 1.29 is 0 Å². The lowest BCUT2D eigenvalue weighted by Crippen LogP contribution is -2.27. The van der Waals surface area contributed by atoms with Crippen molar-refractivity contribution in [3.63, 3.8) is 0 Å². The lowest BCUT2D eigenvalue weighted by molar-refractivity contribution is 0.363. The van der Waals surface area contributed by atoms with Crippen LogP contribution in [0.2, 0.25) is 0 Å². The molecule has 0 aliphatic rings. The Morgan fingerprint density at radius 3 is 2.24 bits per heavy atom. The van der Waals surface area contributed by atoms with E-state index in [0.717, 1.165) is 18.6 Å². The van der Waals surface area contributed by atoms with Gasteiger partial charge in [-0.15, -0.1) is 0 Å². The van der Waals surface area contributed by atoms with Gasteiger partial charge in [0.2, 0.25) is 0 Å². The highest BCUT2D eigenvalue weighted by Gasteiger charge is 2.28. The van der Waals surface area contributed by atoms with Gasteiger partial charge in [0.25, 0.3) is 0 Å². The van der Waals surface area contributed by atoms with Gasteiger partial charge in [0, 0.05) is 11.1 Å². The first-order valence-corrected chi connectivity index (χ1v) is 8.32. The molecule has 0 bridgehead atoms. The maximum atomic E-state index is 5.73. The SMILES string of the molecule is C=C/C=C\C(=NC(=C)N)C(C)(CCCC)CCCCCC. The van der Waals surface area contributed by atoms with Gasteiger partial charge in [-0.25, -0.2) is 4.99 Å². The summed E-state index contributed by atoms with van der Waals surface area (Å²) < 4.78 is 0. The van der Waals surface area contributed by atoms with E-state index in [1.807, 2.05) is 12.2 Å². The van der Waals surface area contributed by atoms with Gasteiger partial charge in [0.1, 0.15) is 5.82 Å². The van der Waals surface area contributed by atoms with Crippen molar-refractivity contribution in [1.29, 1.82) is 0 Å². The van der Waals surface area contributed by atoms with Crippen molar-refractivity contribution in [2.24, 2.45) is 16.1 Å². The van der Waals surface area contributed by atoms with E-state index >= 15 is 0 Å². The molecule has 0 amide bonds. The van der Waals surface area contributed by atoms with Gasteiger partial charge < -0.3 is 5.73 Å². The molecule has 0 radical (unpaired) electrons. The number of allylic oxidation sites excluding steroid dienone is 3. The van der Waals surface area contributed by atoms with Gasteiger partial charge in [-0.1, -0.05) is 84.6 Å². The molecule has 0 rings (SSSR count). The Labute approximate surface area is 131 Å². The number of rotatable bonds is 12. The molecule has 2 heteroatoms. The first-order chi connectivity index (χ1) is 10.00. The van der Waals surface area contributed by atoms with Crippen LogP contribution in [0.25, 0.3) is 0 Å². The summed E-state index contributed by atoms with van der Waals surface area (Å²) in [5, 5.41) is 0. The smallest absolute Gasteiger partial charge is 0.116 e. The van der Waals surface area contributed by atoms with Gasteiger partial charge in [-0.2, -0.15) is 0 Å². The third-order valence-electron chi connectivity index (χ3n) is 3.94. The lowest BCUT2D eigenvalue weighted by Gasteiger charge is -2.30. The van der Waals surface area contributed by atoms with Crippen LogP contribution in [0, 0.1) is 5.41 Å². The minimum atomic E-state index is 0.0750. The van der Waals surface area contributed by atoms with Gasteiger partial charge >= 0.3 is 0 Å². The Morgan fingerprint density at radius 1 is 1.10 bits per heavy atom. The highest BCUT2D eigenvalue weighted by Crippen LogP contribution is 2.34. The predicted molar refractivity (Wildman–Crippen MR) is 96.5 cm³/mol. The second kappa shape index (κ2) is 11.4. The number of aliphatic imine (C=N–C) groups is 1. The summed E-state index contributed by atoms with van der Waals surface area (Å²) >= 11 is 0. The molecule has 0 aromatic carbocycles. The number of nitrogens with zero attached hydrogens (tertiary/aromatic N) is 1. The van der Waals surface area contributed by atoms with Crippen molar-refractivity contribution in [3.05, 3.63) is 37.2 Å². The molecule has 120 valence electrons. The second-order valence-corrected chi connectivity index (χ2v) is 6.06. The fourth-order valence-corrected chi connectivity index (χ4v) is 2.58. The first kappa shape index (κ1) is 19.7. The molecule has 2 N–H and O–H groups in total. The molecule has 0 spiro atoms. The summed E-state index contributed by atoms with van der Waals surface area (Å²) in [4.78, 5) is 4.50. The van der Waals surface area contributed by atoms with Crippen molar-refractivity contribution in [1.82, 2.24) is 0 Å².